The number of rotatable bonds is 4. The smallest absolute Gasteiger partial charge is 0.313 e. The molecule has 0 aliphatic heterocycles. The summed E-state index contributed by atoms with van der Waals surface area (Å²) in [5.41, 5.74) is 4.76. The van der Waals surface area contributed by atoms with Crippen molar-refractivity contribution in [2.45, 2.75) is 32.3 Å². The maximum absolute atomic E-state index is 12.2. The summed E-state index contributed by atoms with van der Waals surface area (Å²) in [7, 11) is 1.65. The molecule has 0 aromatic heterocycles. The predicted molar refractivity (Wildman–Crippen MR) is 101 cm³/mol. The van der Waals surface area contributed by atoms with Crippen molar-refractivity contribution in [3.63, 3.8) is 0 Å². The number of ether oxygens (including phenoxy) is 1. The first-order chi connectivity index (χ1) is 12.4. The minimum atomic E-state index is -0.671. The molecule has 0 fully saturated rings. The largest absolute Gasteiger partial charge is 0.376 e. The fraction of sp³-hybridized carbons (Fsp3) is 0.333. The van der Waals surface area contributed by atoms with E-state index in [2.05, 4.69) is 22.8 Å². The Balaban J connectivity index is 1.59. The Labute approximate surface area is 153 Å². The first-order valence-electron chi connectivity index (χ1n) is 8.71. The van der Waals surface area contributed by atoms with Crippen molar-refractivity contribution in [3.8, 4) is 0 Å². The van der Waals surface area contributed by atoms with Crippen molar-refractivity contribution >= 4 is 17.5 Å². The third-order valence-electron chi connectivity index (χ3n) is 5.12. The maximum atomic E-state index is 12.2. The molecule has 5 heteroatoms. The highest BCUT2D eigenvalue weighted by Gasteiger charge is 2.37. The Morgan fingerprint density at radius 3 is 2.23 bits per heavy atom. The van der Waals surface area contributed by atoms with Crippen molar-refractivity contribution in [2.75, 3.05) is 19.0 Å². The van der Waals surface area contributed by atoms with E-state index in [0.29, 0.717) is 5.69 Å². The summed E-state index contributed by atoms with van der Waals surface area (Å²) in [5, 5.41) is 5.36. The first-order valence-corrected chi connectivity index (χ1v) is 8.71. The van der Waals surface area contributed by atoms with Gasteiger partial charge in [-0.15, -0.1) is 0 Å². The van der Waals surface area contributed by atoms with Gasteiger partial charge < -0.3 is 15.4 Å². The van der Waals surface area contributed by atoms with Crippen LogP contribution in [0.3, 0.4) is 0 Å². The van der Waals surface area contributed by atoms with Crippen molar-refractivity contribution in [2.24, 2.45) is 0 Å². The van der Waals surface area contributed by atoms with Crippen LogP contribution in [0.25, 0.3) is 0 Å². The number of fused-ring (bicyclic) bond motifs is 1. The summed E-state index contributed by atoms with van der Waals surface area (Å²) < 4.78 is 5.71. The van der Waals surface area contributed by atoms with Gasteiger partial charge in [0.2, 0.25) is 0 Å². The molecule has 0 unspecified atom stereocenters. The fourth-order valence-electron chi connectivity index (χ4n) is 3.33. The fourth-order valence-corrected chi connectivity index (χ4v) is 3.33. The van der Waals surface area contributed by atoms with Gasteiger partial charge in [-0.05, 0) is 48.2 Å². The van der Waals surface area contributed by atoms with Crippen LogP contribution >= 0.6 is 0 Å². The number of carbonyl (C=O) groups excluding carboxylic acids is 2. The Hall–Kier alpha value is -2.66. The number of aryl methyl sites for hydroxylation is 2. The lowest BCUT2D eigenvalue weighted by atomic mass is 10.00. The zero-order chi connectivity index (χ0) is 18.7. The van der Waals surface area contributed by atoms with Gasteiger partial charge >= 0.3 is 11.8 Å². The van der Waals surface area contributed by atoms with Crippen molar-refractivity contribution in [3.05, 3.63) is 64.7 Å². The van der Waals surface area contributed by atoms with Crippen LogP contribution in [0.15, 0.2) is 42.5 Å². The molecule has 2 aromatic rings. The van der Waals surface area contributed by atoms with E-state index in [-0.39, 0.29) is 6.54 Å². The van der Waals surface area contributed by atoms with Gasteiger partial charge in [0, 0.05) is 32.2 Å². The highest BCUT2D eigenvalue weighted by Crippen LogP contribution is 2.32. The van der Waals surface area contributed by atoms with Gasteiger partial charge in [0.15, 0.2) is 0 Å². The Morgan fingerprint density at radius 1 is 1.00 bits per heavy atom. The van der Waals surface area contributed by atoms with Crippen LogP contribution < -0.4 is 10.6 Å². The topological polar surface area (TPSA) is 67.4 Å². The van der Waals surface area contributed by atoms with Gasteiger partial charge in [-0.3, -0.25) is 9.59 Å². The quantitative estimate of drug-likeness (QED) is 0.831. The molecule has 5 nitrogen and oxygen atoms in total. The molecule has 136 valence electrons. The van der Waals surface area contributed by atoms with Gasteiger partial charge in [-0.2, -0.15) is 0 Å². The summed E-state index contributed by atoms with van der Waals surface area (Å²) >= 11 is 0. The summed E-state index contributed by atoms with van der Waals surface area (Å²) in [5.74, 6) is -1.33. The lowest BCUT2D eigenvalue weighted by Gasteiger charge is -2.27. The summed E-state index contributed by atoms with van der Waals surface area (Å²) in [4.78, 5) is 24.4. The minimum absolute atomic E-state index is 0.289. The molecular formula is C21H24N2O3. The van der Waals surface area contributed by atoms with E-state index < -0.39 is 17.4 Å². The predicted octanol–water partition coefficient (Wildman–Crippen LogP) is 2.54. The van der Waals surface area contributed by atoms with Crippen LogP contribution in [0.2, 0.25) is 0 Å². The lowest BCUT2D eigenvalue weighted by Crippen LogP contribution is -2.48. The number of methoxy groups -OCH3 is 1. The number of anilines is 1. The normalized spacial score (nSPS) is 14.6. The Kier molecular flexibility index (Phi) is 5.09. The zero-order valence-electron chi connectivity index (χ0n) is 15.4. The third-order valence-corrected chi connectivity index (χ3v) is 5.12. The van der Waals surface area contributed by atoms with Gasteiger partial charge in [-0.1, -0.05) is 30.3 Å². The monoisotopic (exact) mass is 352 g/mol. The second-order valence-electron chi connectivity index (χ2n) is 6.95. The molecule has 0 atom stereocenters. The highest BCUT2D eigenvalue weighted by atomic mass is 16.5. The molecule has 0 spiro atoms. The maximum Gasteiger partial charge on any atom is 0.313 e. The van der Waals surface area contributed by atoms with Crippen molar-refractivity contribution in [1.29, 1.82) is 0 Å². The summed E-state index contributed by atoms with van der Waals surface area (Å²) in [6.07, 6.45) is 1.44. The van der Waals surface area contributed by atoms with Gasteiger partial charge in [0.1, 0.15) is 0 Å². The van der Waals surface area contributed by atoms with Gasteiger partial charge in [0.25, 0.3) is 0 Å². The summed E-state index contributed by atoms with van der Waals surface area (Å²) in [6, 6.07) is 13.7. The molecule has 0 bridgehead atoms. The van der Waals surface area contributed by atoms with E-state index >= 15 is 0 Å². The number of hydrogen-bond donors (Lipinski definition) is 2. The molecule has 0 saturated carbocycles. The second kappa shape index (κ2) is 7.30. The van der Waals surface area contributed by atoms with Crippen LogP contribution in [-0.2, 0) is 27.2 Å². The molecule has 0 saturated heterocycles. The molecule has 1 aliphatic carbocycles. The summed E-state index contributed by atoms with van der Waals surface area (Å²) in [6.45, 7) is 4.25. The average molecular weight is 352 g/mol. The number of nitrogens with one attached hydrogen (secondary N) is 2. The van der Waals surface area contributed by atoms with Crippen LogP contribution in [0, 0.1) is 13.8 Å². The van der Waals surface area contributed by atoms with Crippen molar-refractivity contribution in [1.82, 2.24) is 5.32 Å². The highest BCUT2D eigenvalue weighted by molar-refractivity contribution is 6.39. The molecule has 0 heterocycles. The molecule has 2 amide bonds. The van der Waals surface area contributed by atoms with Gasteiger partial charge in [-0.25, -0.2) is 0 Å². The molecule has 2 N–H and O–H groups in total. The number of carbonyl (C=O) groups is 2. The molecule has 3 rings (SSSR count). The Bertz CT molecular complexity index is 820. The van der Waals surface area contributed by atoms with Crippen LogP contribution in [0.4, 0.5) is 5.69 Å². The molecular weight excluding hydrogens is 328 g/mol. The van der Waals surface area contributed by atoms with E-state index in [9.17, 15) is 9.59 Å². The molecule has 0 radical (unpaired) electrons. The van der Waals surface area contributed by atoms with E-state index in [1.807, 2.05) is 38.1 Å². The number of benzene rings is 2. The first kappa shape index (κ1) is 18.1. The molecule has 2 aromatic carbocycles. The minimum Gasteiger partial charge on any atom is -0.376 e. The van der Waals surface area contributed by atoms with E-state index in [1.165, 1.54) is 11.1 Å². The van der Waals surface area contributed by atoms with Crippen LogP contribution in [0.1, 0.15) is 22.3 Å². The molecule has 1 aliphatic rings. The SMILES string of the molecule is COC1(CNC(=O)C(=O)Nc2ccc(C)c(C)c2)Cc2ccccc2C1. The standard InChI is InChI=1S/C21H24N2O3/c1-14-8-9-18(10-15(14)2)23-20(25)19(24)22-13-21(26-3)11-16-6-4-5-7-17(16)12-21/h4-10H,11-13H2,1-3H3,(H,22,24)(H,23,25). The van der Waals surface area contributed by atoms with E-state index in [1.54, 1.807) is 13.2 Å². The second-order valence-corrected chi connectivity index (χ2v) is 6.95. The van der Waals surface area contributed by atoms with E-state index in [0.717, 1.165) is 24.0 Å². The molecule has 26 heavy (non-hydrogen) atoms. The Morgan fingerprint density at radius 2 is 1.65 bits per heavy atom. The lowest BCUT2D eigenvalue weighted by molar-refractivity contribution is -0.137. The van der Waals surface area contributed by atoms with Gasteiger partial charge in [0.05, 0.1) is 5.60 Å². The van der Waals surface area contributed by atoms with Crippen molar-refractivity contribution < 1.29 is 14.3 Å². The average Bonchev–Trinajstić information content (AvgIpc) is 3.02. The number of amides is 2. The van der Waals surface area contributed by atoms with Crippen LogP contribution in [0.5, 0.6) is 0 Å². The van der Waals surface area contributed by atoms with E-state index in [4.69, 9.17) is 4.74 Å². The number of hydrogen-bond acceptors (Lipinski definition) is 3. The third kappa shape index (κ3) is 3.78. The van der Waals surface area contributed by atoms with Crippen LogP contribution in [-0.4, -0.2) is 31.1 Å². The zero-order valence-corrected chi connectivity index (χ0v) is 15.4.